The van der Waals surface area contributed by atoms with Crippen LogP contribution in [-0.4, -0.2) is 23.4 Å². The zero-order valence-electron chi connectivity index (χ0n) is 11.9. The van der Waals surface area contributed by atoms with Crippen LogP contribution in [0.3, 0.4) is 0 Å². The van der Waals surface area contributed by atoms with E-state index in [1.165, 1.54) is 5.56 Å². The first-order valence-corrected chi connectivity index (χ1v) is 7.26. The van der Waals surface area contributed by atoms with Crippen LogP contribution >= 0.6 is 0 Å². The Balaban J connectivity index is 2.13. The minimum atomic E-state index is -0.366. The monoisotopic (exact) mass is 260 g/mol. The fourth-order valence-electron chi connectivity index (χ4n) is 2.74. The van der Waals surface area contributed by atoms with Crippen molar-refractivity contribution in [3.8, 4) is 0 Å². The third-order valence-electron chi connectivity index (χ3n) is 4.26. The molecule has 1 amide bonds. The maximum absolute atomic E-state index is 12.5. The molecule has 3 nitrogen and oxygen atoms in total. The van der Waals surface area contributed by atoms with E-state index in [2.05, 4.69) is 26.0 Å². The van der Waals surface area contributed by atoms with E-state index >= 15 is 0 Å². The second-order valence-electron chi connectivity index (χ2n) is 5.51. The first-order chi connectivity index (χ1) is 9.15. The molecular formula is C16H24N2O. The van der Waals surface area contributed by atoms with E-state index in [-0.39, 0.29) is 23.9 Å². The minimum absolute atomic E-state index is 0.112. The van der Waals surface area contributed by atoms with Crippen LogP contribution in [0.25, 0.3) is 0 Å². The Morgan fingerprint density at radius 2 is 2.11 bits per heavy atom. The summed E-state index contributed by atoms with van der Waals surface area (Å²) in [6.07, 6.45) is 3.05. The average Bonchev–Trinajstić information content (AvgIpc) is 2.95. The van der Waals surface area contributed by atoms with E-state index in [0.717, 1.165) is 25.8 Å². The highest BCUT2D eigenvalue weighted by Gasteiger charge is 2.33. The molecule has 1 unspecified atom stereocenters. The largest absolute Gasteiger partial charge is 0.334 e. The lowest BCUT2D eigenvalue weighted by Gasteiger charge is -2.29. The van der Waals surface area contributed by atoms with E-state index in [1.54, 1.807) is 0 Å². The average molecular weight is 260 g/mol. The first-order valence-electron chi connectivity index (χ1n) is 7.26. The Kier molecular flexibility index (Phi) is 4.59. The van der Waals surface area contributed by atoms with E-state index < -0.39 is 0 Å². The van der Waals surface area contributed by atoms with E-state index in [4.69, 9.17) is 5.73 Å². The van der Waals surface area contributed by atoms with Gasteiger partial charge in [0.05, 0.1) is 12.1 Å². The van der Waals surface area contributed by atoms with Gasteiger partial charge >= 0.3 is 0 Å². The second kappa shape index (κ2) is 6.20. The highest BCUT2D eigenvalue weighted by atomic mass is 16.2. The Hall–Kier alpha value is -1.35. The second-order valence-corrected chi connectivity index (χ2v) is 5.51. The molecule has 0 radical (unpaired) electrons. The standard InChI is InChI=1S/C16H24N2O/c1-3-12(2)15(17)16(19)18-11-7-10-14(18)13-8-5-4-6-9-13/h4-6,8-9,12,14-15H,3,7,10-11,17H2,1-2H3/t12-,14?,15-/m0/s1. The lowest BCUT2D eigenvalue weighted by Crippen LogP contribution is -2.46. The number of likely N-dealkylation sites (tertiary alicyclic amines) is 1. The van der Waals surface area contributed by atoms with Crippen molar-refractivity contribution in [2.75, 3.05) is 6.54 Å². The molecule has 3 heteroatoms. The molecule has 0 aliphatic carbocycles. The van der Waals surface area contributed by atoms with Crippen molar-refractivity contribution >= 4 is 5.91 Å². The fraction of sp³-hybridized carbons (Fsp3) is 0.562. The van der Waals surface area contributed by atoms with Crippen LogP contribution in [-0.2, 0) is 4.79 Å². The van der Waals surface area contributed by atoms with Gasteiger partial charge in [0.15, 0.2) is 0 Å². The van der Waals surface area contributed by atoms with Crippen LogP contribution in [0.15, 0.2) is 30.3 Å². The van der Waals surface area contributed by atoms with Crippen LogP contribution in [0.4, 0.5) is 0 Å². The maximum Gasteiger partial charge on any atom is 0.240 e. The third kappa shape index (κ3) is 2.98. The summed E-state index contributed by atoms with van der Waals surface area (Å²) in [4.78, 5) is 14.5. The fourth-order valence-corrected chi connectivity index (χ4v) is 2.74. The summed E-state index contributed by atoms with van der Waals surface area (Å²) in [6.45, 7) is 4.97. The number of rotatable bonds is 4. The summed E-state index contributed by atoms with van der Waals surface area (Å²) in [5.41, 5.74) is 7.33. The minimum Gasteiger partial charge on any atom is -0.334 e. The SMILES string of the molecule is CC[C@H](C)[C@H](N)C(=O)N1CCCC1c1ccccc1. The molecule has 2 rings (SSSR count). The van der Waals surface area contributed by atoms with Gasteiger partial charge in [0.25, 0.3) is 0 Å². The predicted molar refractivity (Wildman–Crippen MR) is 77.6 cm³/mol. The normalized spacial score (nSPS) is 22.3. The number of benzene rings is 1. The number of amides is 1. The van der Waals surface area contributed by atoms with Crippen LogP contribution in [0.5, 0.6) is 0 Å². The number of nitrogens with zero attached hydrogens (tertiary/aromatic N) is 1. The van der Waals surface area contributed by atoms with Gasteiger partial charge in [0.1, 0.15) is 0 Å². The molecule has 1 saturated heterocycles. The lowest BCUT2D eigenvalue weighted by molar-refractivity contribution is -0.134. The van der Waals surface area contributed by atoms with Crippen LogP contribution in [0.2, 0.25) is 0 Å². The molecule has 0 saturated carbocycles. The van der Waals surface area contributed by atoms with Gasteiger partial charge < -0.3 is 10.6 Å². The Morgan fingerprint density at radius 1 is 1.42 bits per heavy atom. The Morgan fingerprint density at radius 3 is 2.74 bits per heavy atom. The molecular weight excluding hydrogens is 236 g/mol. The zero-order valence-corrected chi connectivity index (χ0v) is 11.9. The van der Waals surface area contributed by atoms with Crippen molar-refractivity contribution in [1.82, 2.24) is 4.90 Å². The van der Waals surface area contributed by atoms with Crippen molar-refractivity contribution in [1.29, 1.82) is 0 Å². The van der Waals surface area contributed by atoms with Gasteiger partial charge in [-0.25, -0.2) is 0 Å². The van der Waals surface area contributed by atoms with Gasteiger partial charge in [0, 0.05) is 6.54 Å². The molecule has 1 aliphatic rings. The van der Waals surface area contributed by atoms with Gasteiger partial charge in [-0.3, -0.25) is 4.79 Å². The number of hydrogen-bond acceptors (Lipinski definition) is 2. The first kappa shape index (κ1) is 14.1. The number of carbonyl (C=O) groups is 1. The number of carbonyl (C=O) groups excluding carboxylic acids is 1. The molecule has 104 valence electrons. The Bertz CT molecular complexity index is 418. The van der Waals surface area contributed by atoms with Crippen molar-refractivity contribution < 1.29 is 4.79 Å². The molecule has 1 aliphatic heterocycles. The highest BCUT2D eigenvalue weighted by molar-refractivity contribution is 5.82. The summed E-state index contributed by atoms with van der Waals surface area (Å²) in [5.74, 6) is 0.352. The molecule has 19 heavy (non-hydrogen) atoms. The van der Waals surface area contributed by atoms with Crippen molar-refractivity contribution in [2.24, 2.45) is 11.7 Å². The van der Waals surface area contributed by atoms with Crippen LogP contribution < -0.4 is 5.73 Å². The van der Waals surface area contributed by atoms with E-state index in [9.17, 15) is 4.79 Å². The highest BCUT2D eigenvalue weighted by Crippen LogP contribution is 2.32. The quantitative estimate of drug-likeness (QED) is 0.904. The van der Waals surface area contributed by atoms with E-state index in [0.29, 0.717) is 0 Å². The molecule has 1 heterocycles. The zero-order chi connectivity index (χ0) is 13.8. The van der Waals surface area contributed by atoms with Gasteiger partial charge in [-0.05, 0) is 24.3 Å². The summed E-state index contributed by atoms with van der Waals surface area (Å²) < 4.78 is 0. The predicted octanol–water partition coefficient (Wildman–Crippen LogP) is 2.72. The molecule has 0 bridgehead atoms. The summed E-state index contributed by atoms with van der Waals surface area (Å²) >= 11 is 0. The van der Waals surface area contributed by atoms with Gasteiger partial charge in [-0.15, -0.1) is 0 Å². The Labute approximate surface area is 115 Å². The van der Waals surface area contributed by atoms with Crippen molar-refractivity contribution in [3.05, 3.63) is 35.9 Å². The molecule has 0 spiro atoms. The summed E-state index contributed by atoms with van der Waals surface area (Å²) in [5, 5.41) is 0. The lowest BCUT2D eigenvalue weighted by atomic mass is 9.97. The van der Waals surface area contributed by atoms with Crippen LogP contribution in [0.1, 0.15) is 44.7 Å². The maximum atomic E-state index is 12.5. The molecule has 1 fully saturated rings. The topological polar surface area (TPSA) is 46.3 Å². The van der Waals surface area contributed by atoms with Gasteiger partial charge in [-0.1, -0.05) is 50.6 Å². The molecule has 3 atom stereocenters. The van der Waals surface area contributed by atoms with Crippen molar-refractivity contribution in [2.45, 2.75) is 45.2 Å². The van der Waals surface area contributed by atoms with Gasteiger partial charge in [-0.2, -0.15) is 0 Å². The third-order valence-corrected chi connectivity index (χ3v) is 4.26. The molecule has 1 aromatic carbocycles. The summed E-state index contributed by atoms with van der Waals surface area (Å²) in [6, 6.07) is 10.1. The van der Waals surface area contributed by atoms with Crippen LogP contribution in [0, 0.1) is 5.92 Å². The van der Waals surface area contributed by atoms with Crippen molar-refractivity contribution in [3.63, 3.8) is 0 Å². The van der Waals surface area contributed by atoms with Gasteiger partial charge in [0.2, 0.25) is 5.91 Å². The smallest absolute Gasteiger partial charge is 0.240 e. The number of nitrogens with two attached hydrogens (primary N) is 1. The number of hydrogen-bond donors (Lipinski definition) is 1. The molecule has 1 aromatic rings. The van der Waals surface area contributed by atoms with E-state index in [1.807, 2.05) is 23.1 Å². The summed E-state index contributed by atoms with van der Waals surface area (Å²) in [7, 11) is 0. The molecule has 2 N–H and O–H groups in total. The molecule has 0 aromatic heterocycles.